The topological polar surface area (TPSA) is 115 Å². The van der Waals surface area contributed by atoms with Crippen LogP contribution in [0.1, 0.15) is 16.2 Å². The summed E-state index contributed by atoms with van der Waals surface area (Å²) >= 11 is 0. The van der Waals surface area contributed by atoms with E-state index in [1.54, 1.807) is 31.2 Å². The van der Waals surface area contributed by atoms with E-state index in [4.69, 9.17) is 9.26 Å². The lowest BCUT2D eigenvalue weighted by molar-refractivity contribution is 0.0926. The Morgan fingerprint density at radius 3 is 2.78 bits per heavy atom. The summed E-state index contributed by atoms with van der Waals surface area (Å²) in [6, 6.07) is 6.48. The molecule has 0 radical (unpaired) electrons. The third-order valence-corrected chi connectivity index (χ3v) is 6.37. The Labute approximate surface area is 157 Å². The number of hydrogen-bond donors (Lipinski definition) is 1. The highest BCUT2D eigenvalue weighted by Crippen LogP contribution is 2.20. The minimum absolute atomic E-state index is 0.0763. The number of carbonyl (C=O) groups excluding carboxylic acids is 1. The van der Waals surface area contributed by atoms with Crippen molar-refractivity contribution < 1.29 is 22.5 Å². The van der Waals surface area contributed by atoms with Crippen molar-refractivity contribution in [2.45, 2.75) is 13.0 Å². The Balaban J connectivity index is 1.71. The summed E-state index contributed by atoms with van der Waals surface area (Å²) in [4.78, 5) is 16.8. The zero-order valence-electron chi connectivity index (χ0n) is 15.4. The second kappa shape index (κ2) is 7.75. The molecule has 2 atom stereocenters. The lowest BCUT2D eigenvalue weighted by Crippen LogP contribution is -2.43. The monoisotopic (exact) mass is 394 g/mol. The molecule has 0 bridgehead atoms. The van der Waals surface area contributed by atoms with Crippen LogP contribution in [0, 0.1) is 12.8 Å². The van der Waals surface area contributed by atoms with Crippen molar-refractivity contribution >= 4 is 15.9 Å². The average molecular weight is 394 g/mol. The summed E-state index contributed by atoms with van der Waals surface area (Å²) in [6.45, 7) is 2.26. The third kappa shape index (κ3) is 4.52. The molecule has 2 heterocycles. The van der Waals surface area contributed by atoms with Crippen LogP contribution >= 0.6 is 0 Å². The van der Waals surface area contributed by atoms with Gasteiger partial charge in [-0.05, 0) is 12.1 Å². The van der Waals surface area contributed by atoms with Crippen LogP contribution in [-0.4, -0.2) is 67.9 Å². The number of amides is 1. The molecule has 1 saturated heterocycles. The Kier molecular flexibility index (Phi) is 5.59. The van der Waals surface area contributed by atoms with E-state index in [9.17, 15) is 13.2 Å². The Bertz CT molecular complexity index is 925. The van der Waals surface area contributed by atoms with E-state index in [0.717, 1.165) is 0 Å². The number of benzene rings is 1. The molecule has 1 aromatic carbocycles. The van der Waals surface area contributed by atoms with Gasteiger partial charge in [0.2, 0.25) is 21.7 Å². The van der Waals surface area contributed by atoms with Crippen LogP contribution in [0.5, 0.6) is 0 Å². The second-order valence-electron chi connectivity index (χ2n) is 6.66. The molecule has 1 amide bonds. The van der Waals surface area contributed by atoms with Gasteiger partial charge in [0, 0.05) is 38.1 Å². The maximum absolute atomic E-state index is 12.6. The van der Waals surface area contributed by atoms with E-state index < -0.39 is 10.0 Å². The van der Waals surface area contributed by atoms with E-state index in [-0.39, 0.29) is 30.2 Å². The van der Waals surface area contributed by atoms with Gasteiger partial charge in [-0.2, -0.15) is 4.98 Å². The molecule has 1 aliphatic heterocycles. The number of rotatable bonds is 6. The maximum atomic E-state index is 12.6. The second-order valence-corrected chi connectivity index (χ2v) is 8.88. The van der Waals surface area contributed by atoms with Crippen LogP contribution in [0.15, 0.2) is 28.8 Å². The summed E-state index contributed by atoms with van der Waals surface area (Å²) < 4.78 is 35.8. The summed E-state index contributed by atoms with van der Waals surface area (Å²) in [5.74, 6) is 0.158. The Morgan fingerprint density at radius 2 is 2.11 bits per heavy atom. The van der Waals surface area contributed by atoms with Crippen molar-refractivity contribution in [3.8, 4) is 11.4 Å². The van der Waals surface area contributed by atoms with E-state index in [1.807, 2.05) is 0 Å². The van der Waals surface area contributed by atoms with Gasteiger partial charge in [-0.15, -0.1) is 0 Å². The number of nitrogens with zero attached hydrogens (tertiary/aromatic N) is 3. The fourth-order valence-electron chi connectivity index (χ4n) is 2.81. The van der Waals surface area contributed by atoms with Crippen LogP contribution in [0.4, 0.5) is 0 Å². The third-order valence-electron chi connectivity index (χ3n) is 4.41. The minimum Gasteiger partial charge on any atom is -0.379 e. The molecule has 146 valence electrons. The quantitative estimate of drug-likeness (QED) is 0.766. The van der Waals surface area contributed by atoms with Crippen molar-refractivity contribution in [3.05, 3.63) is 35.7 Å². The first kappa shape index (κ1) is 19.5. The smallest absolute Gasteiger partial charge is 0.251 e. The first-order chi connectivity index (χ1) is 12.8. The predicted molar refractivity (Wildman–Crippen MR) is 97.5 cm³/mol. The lowest BCUT2D eigenvalue weighted by atomic mass is 10.0. The van der Waals surface area contributed by atoms with Crippen molar-refractivity contribution in [2.24, 2.45) is 5.92 Å². The lowest BCUT2D eigenvalue weighted by Gasteiger charge is -2.21. The molecule has 9 nitrogen and oxygen atoms in total. The summed E-state index contributed by atoms with van der Waals surface area (Å²) in [5.41, 5.74) is 1.09. The van der Waals surface area contributed by atoms with E-state index in [1.165, 1.54) is 18.4 Å². The molecule has 0 unspecified atom stereocenters. The number of nitrogens with one attached hydrogen (secondary N) is 1. The van der Waals surface area contributed by atoms with Crippen LogP contribution < -0.4 is 5.32 Å². The zero-order valence-corrected chi connectivity index (χ0v) is 16.2. The largest absolute Gasteiger partial charge is 0.379 e. The highest BCUT2D eigenvalue weighted by atomic mass is 32.2. The van der Waals surface area contributed by atoms with Gasteiger partial charge in [0.15, 0.2) is 0 Å². The standard InChI is InChI=1S/C17H22N4O5S/c1-11-18-16(20-26-11)12-5-4-6-13(7-12)17(22)19-15-9-25-8-14(15)10-27(23,24)21(2)3/h4-7,14-15H,8-10H2,1-3H3,(H,19,22)/t14-,15+/m0/s1. The highest BCUT2D eigenvalue weighted by Gasteiger charge is 2.34. The van der Waals surface area contributed by atoms with Gasteiger partial charge in [-0.1, -0.05) is 17.3 Å². The first-order valence-electron chi connectivity index (χ1n) is 8.46. The van der Waals surface area contributed by atoms with Crippen molar-refractivity contribution in [3.63, 3.8) is 0 Å². The number of hydrogen-bond acceptors (Lipinski definition) is 7. The van der Waals surface area contributed by atoms with Gasteiger partial charge in [0.1, 0.15) is 0 Å². The summed E-state index contributed by atoms with van der Waals surface area (Å²) in [6.07, 6.45) is 0. The number of ether oxygens (including phenoxy) is 1. The first-order valence-corrected chi connectivity index (χ1v) is 10.1. The molecule has 0 spiro atoms. The highest BCUT2D eigenvalue weighted by molar-refractivity contribution is 7.89. The van der Waals surface area contributed by atoms with Gasteiger partial charge in [-0.25, -0.2) is 12.7 Å². The van der Waals surface area contributed by atoms with Gasteiger partial charge < -0.3 is 14.6 Å². The molecular formula is C17H22N4O5S. The Morgan fingerprint density at radius 1 is 1.33 bits per heavy atom. The van der Waals surface area contributed by atoms with Crippen LogP contribution in [-0.2, 0) is 14.8 Å². The van der Waals surface area contributed by atoms with Crippen LogP contribution in [0.25, 0.3) is 11.4 Å². The SMILES string of the molecule is Cc1nc(-c2cccc(C(=O)N[C@@H]3COC[C@H]3CS(=O)(=O)N(C)C)c2)no1. The summed E-state index contributed by atoms with van der Waals surface area (Å²) in [7, 11) is -0.400. The van der Waals surface area contributed by atoms with E-state index in [0.29, 0.717) is 29.4 Å². The maximum Gasteiger partial charge on any atom is 0.251 e. The Hall–Kier alpha value is -2.30. The van der Waals surface area contributed by atoms with Crippen LogP contribution in [0.2, 0.25) is 0 Å². The molecule has 0 aliphatic carbocycles. The average Bonchev–Trinajstić information content (AvgIpc) is 3.24. The number of carbonyl (C=O) groups is 1. The fraction of sp³-hybridized carbons (Fsp3) is 0.471. The molecular weight excluding hydrogens is 372 g/mol. The number of aromatic nitrogens is 2. The van der Waals surface area contributed by atoms with Gasteiger partial charge in [0.05, 0.1) is 25.0 Å². The van der Waals surface area contributed by atoms with Gasteiger partial charge in [-0.3, -0.25) is 4.79 Å². The fourth-order valence-corrected chi connectivity index (χ4v) is 3.98. The van der Waals surface area contributed by atoms with Crippen molar-refractivity contribution in [1.29, 1.82) is 0 Å². The summed E-state index contributed by atoms with van der Waals surface area (Å²) in [5, 5.41) is 6.73. The zero-order chi connectivity index (χ0) is 19.6. The molecule has 1 aromatic heterocycles. The molecule has 1 N–H and O–H groups in total. The molecule has 1 aliphatic rings. The van der Waals surface area contributed by atoms with Crippen LogP contribution in [0.3, 0.4) is 0 Å². The van der Waals surface area contributed by atoms with Gasteiger partial charge >= 0.3 is 0 Å². The molecule has 10 heteroatoms. The minimum atomic E-state index is -3.38. The molecule has 2 aromatic rings. The van der Waals surface area contributed by atoms with Gasteiger partial charge in [0.25, 0.3) is 5.91 Å². The number of aryl methyl sites for hydroxylation is 1. The normalized spacial score (nSPS) is 20.1. The molecule has 3 rings (SSSR count). The van der Waals surface area contributed by atoms with Crippen molar-refractivity contribution in [2.75, 3.05) is 33.1 Å². The van der Waals surface area contributed by atoms with Crippen molar-refractivity contribution in [1.82, 2.24) is 19.8 Å². The molecule has 0 saturated carbocycles. The molecule has 1 fully saturated rings. The predicted octanol–water partition coefficient (Wildman–Crippen LogP) is 0.681. The van der Waals surface area contributed by atoms with E-state index in [2.05, 4.69) is 15.5 Å². The molecule has 27 heavy (non-hydrogen) atoms. The van der Waals surface area contributed by atoms with E-state index >= 15 is 0 Å². The number of sulfonamides is 1.